The van der Waals surface area contributed by atoms with Crippen LogP contribution in [0.15, 0.2) is 0 Å². The lowest BCUT2D eigenvalue weighted by Crippen LogP contribution is -2.55. The molecule has 0 bridgehead atoms. The van der Waals surface area contributed by atoms with Gasteiger partial charge in [-0.3, -0.25) is 4.79 Å². The summed E-state index contributed by atoms with van der Waals surface area (Å²) in [4.78, 5) is 31.5. The summed E-state index contributed by atoms with van der Waals surface area (Å²) < 4.78 is 0. The number of nitrogens with two attached hydrogens (primary N) is 1. The van der Waals surface area contributed by atoms with Crippen LogP contribution in [-0.2, 0) is 4.79 Å². The lowest BCUT2D eigenvalue weighted by atomic mass is 9.89. The van der Waals surface area contributed by atoms with Crippen molar-refractivity contribution in [1.82, 2.24) is 14.7 Å². The van der Waals surface area contributed by atoms with Gasteiger partial charge in [-0.15, -0.1) is 0 Å². The molecule has 0 aromatic carbocycles. The fraction of sp³-hybridized carbons (Fsp3) is 0.889. The standard InChI is InChI=1S/C18H32N4O2/c1-14-6-10-22(16(11-14)12-19)17(23)15-5-4-9-21(13-15)18(24)20-7-2-3-8-20/h14-16H,2-13,19H2,1H3. The van der Waals surface area contributed by atoms with Crippen molar-refractivity contribution in [2.45, 2.75) is 51.5 Å². The number of amides is 3. The zero-order valence-corrected chi connectivity index (χ0v) is 15.0. The number of likely N-dealkylation sites (tertiary alicyclic amines) is 3. The number of hydrogen-bond acceptors (Lipinski definition) is 3. The first kappa shape index (κ1) is 17.5. The maximum Gasteiger partial charge on any atom is 0.320 e. The smallest absolute Gasteiger partial charge is 0.320 e. The SMILES string of the molecule is CC1CCN(C(=O)C2CCCN(C(=O)N3CCCC3)C2)C(CN)C1. The van der Waals surface area contributed by atoms with Crippen LogP contribution in [0.25, 0.3) is 0 Å². The fourth-order valence-corrected chi connectivity index (χ4v) is 4.46. The van der Waals surface area contributed by atoms with Gasteiger partial charge >= 0.3 is 6.03 Å². The van der Waals surface area contributed by atoms with Gasteiger partial charge in [-0.25, -0.2) is 4.79 Å². The normalized spacial score (nSPS) is 31.4. The number of carbonyl (C=O) groups excluding carboxylic acids is 2. The molecule has 0 spiro atoms. The van der Waals surface area contributed by atoms with E-state index in [1.807, 2.05) is 14.7 Å². The van der Waals surface area contributed by atoms with Crippen LogP contribution < -0.4 is 5.73 Å². The van der Waals surface area contributed by atoms with E-state index < -0.39 is 0 Å². The van der Waals surface area contributed by atoms with E-state index in [0.29, 0.717) is 19.0 Å². The molecule has 3 heterocycles. The molecule has 136 valence electrons. The molecule has 3 saturated heterocycles. The summed E-state index contributed by atoms with van der Waals surface area (Å²) in [6.45, 7) is 6.70. The molecule has 0 saturated carbocycles. The van der Waals surface area contributed by atoms with Crippen molar-refractivity contribution in [2.24, 2.45) is 17.6 Å². The summed E-state index contributed by atoms with van der Waals surface area (Å²) in [5, 5.41) is 0. The van der Waals surface area contributed by atoms with E-state index in [1.54, 1.807) is 0 Å². The van der Waals surface area contributed by atoms with Crippen LogP contribution in [0.2, 0.25) is 0 Å². The largest absolute Gasteiger partial charge is 0.338 e. The van der Waals surface area contributed by atoms with E-state index >= 15 is 0 Å². The Kier molecular flexibility index (Phi) is 5.64. The van der Waals surface area contributed by atoms with E-state index in [1.165, 1.54) is 0 Å². The second-order valence-electron chi connectivity index (χ2n) is 7.81. The summed E-state index contributed by atoms with van der Waals surface area (Å²) in [6.07, 6.45) is 6.09. The molecule has 0 aromatic heterocycles. The summed E-state index contributed by atoms with van der Waals surface area (Å²) in [6, 6.07) is 0.304. The van der Waals surface area contributed by atoms with E-state index in [9.17, 15) is 9.59 Å². The van der Waals surface area contributed by atoms with Crippen molar-refractivity contribution in [3.63, 3.8) is 0 Å². The third-order valence-electron chi connectivity index (χ3n) is 5.95. The highest BCUT2D eigenvalue weighted by atomic mass is 16.2. The van der Waals surface area contributed by atoms with Crippen LogP contribution in [0.3, 0.4) is 0 Å². The Bertz CT molecular complexity index is 464. The van der Waals surface area contributed by atoms with E-state index in [-0.39, 0.29) is 23.9 Å². The molecule has 3 aliphatic rings. The number of urea groups is 1. The van der Waals surface area contributed by atoms with Gasteiger partial charge in [0.25, 0.3) is 0 Å². The van der Waals surface area contributed by atoms with Crippen molar-refractivity contribution in [2.75, 3.05) is 39.3 Å². The Morgan fingerprint density at radius 3 is 2.42 bits per heavy atom. The van der Waals surface area contributed by atoms with Crippen molar-refractivity contribution < 1.29 is 9.59 Å². The molecule has 0 aromatic rings. The highest BCUT2D eigenvalue weighted by Crippen LogP contribution is 2.27. The minimum Gasteiger partial charge on any atom is -0.338 e. The molecular weight excluding hydrogens is 304 g/mol. The van der Waals surface area contributed by atoms with Crippen LogP contribution in [-0.4, -0.2) is 71.9 Å². The average molecular weight is 336 g/mol. The predicted octanol–water partition coefficient (Wildman–Crippen LogP) is 1.50. The highest BCUT2D eigenvalue weighted by Gasteiger charge is 2.36. The van der Waals surface area contributed by atoms with Crippen molar-refractivity contribution >= 4 is 11.9 Å². The van der Waals surface area contributed by atoms with Crippen LogP contribution in [0.4, 0.5) is 4.79 Å². The second-order valence-corrected chi connectivity index (χ2v) is 7.81. The van der Waals surface area contributed by atoms with Gasteiger partial charge in [0.15, 0.2) is 0 Å². The van der Waals surface area contributed by atoms with Gasteiger partial charge in [-0.1, -0.05) is 6.92 Å². The maximum absolute atomic E-state index is 13.0. The van der Waals surface area contributed by atoms with E-state index in [0.717, 1.165) is 64.7 Å². The lowest BCUT2D eigenvalue weighted by Gasteiger charge is -2.42. The fourth-order valence-electron chi connectivity index (χ4n) is 4.46. The molecule has 3 rings (SSSR count). The zero-order valence-electron chi connectivity index (χ0n) is 15.0. The molecule has 3 amide bonds. The van der Waals surface area contributed by atoms with Gasteiger partial charge in [0.05, 0.1) is 5.92 Å². The van der Waals surface area contributed by atoms with Gasteiger partial charge in [0.2, 0.25) is 5.91 Å². The minimum absolute atomic E-state index is 0.0484. The summed E-state index contributed by atoms with van der Waals surface area (Å²) >= 11 is 0. The molecule has 24 heavy (non-hydrogen) atoms. The van der Waals surface area contributed by atoms with Crippen molar-refractivity contribution in [3.8, 4) is 0 Å². The molecule has 6 nitrogen and oxygen atoms in total. The number of rotatable bonds is 2. The van der Waals surface area contributed by atoms with Crippen molar-refractivity contribution in [1.29, 1.82) is 0 Å². The highest BCUT2D eigenvalue weighted by molar-refractivity contribution is 5.81. The number of hydrogen-bond donors (Lipinski definition) is 1. The Hall–Kier alpha value is -1.30. The molecule has 3 unspecified atom stereocenters. The molecule has 6 heteroatoms. The predicted molar refractivity (Wildman–Crippen MR) is 93.5 cm³/mol. The summed E-state index contributed by atoms with van der Waals surface area (Å²) in [7, 11) is 0. The zero-order chi connectivity index (χ0) is 17.1. The summed E-state index contributed by atoms with van der Waals surface area (Å²) in [5.41, 5.74) is 5.92. The maximum atomic E-state index is 13.0. The second kappa shape index (κ2) is 7.72. The van der Waals surface area contributed by atoms with Crippen LogP contribution >= 0.6 is 0 Å². The molecule has 3 fully saturated rings. The van der Waals surface area contributed by atoms with Gasteiger partial charge in [-0.05, 0) is 44.4 Å². The molecule has 3 aliphatic heterocycles. The third-order valence-corrected chi connectivity index (χ3v) is 5.95. The van der Waals surface area contributed by atoms with Crippen LogP contribution in [0.5, 0.6) is 0 Å². The first-order valence-corrected chi connectivity index (χ1v) is 9.64. The molecule has 3 atom stereocenters. The van der Waals surface area contributed by atoms with Gasteiger partial charge < -0.3 is 20.4 Å². The van der Waals surface area contributed by atoms with Gasteiger partial charge in [-0.2, -0.15) is 0 Å². The first-order valence-electron chi connectivity index (χ1n) is 9.64. The molecule has 2 N–H and O–H groups in total. The minimum atomic E-state index is -0.0484. The van der Waals surface area contributed by atoms with E-state index in [4.69, 9.17) is 5.73 Å². The summed E-state index contributed by atoms with van der Waals surface area (Å²) in [5.74, 6) is 0.811. The van der Waals surface area contributed by atoms with Crippen molar-refractivity contribution in [3.05, 3.63) is 0 Å². The molecule has 0 aliphatic carbocycles. The van der Waals surface area contributed by atoms with Gasteiger partial charge in [0.1, 0.15) is 0 Å². The quantitative estimate of drug-likeness (QED) is 0.831. The lowest BCUT2D eigenvalue weighted by molar-refractivity contribution is -0.141. The number of carbonyl (C=O) groups is 2. The van der Waals surface area contributed by atoms with Crippen LogP contribution in [0, 0.1) is 11.8 Å². The topological polar surface area (TPSA) is 69.9 Å². The first-order chi connectivity index (χ1) is 11.6. The van der Waals surface area contributed by atoms with E-state index in [2.05, 4.69) is 6.92 Å². The van der Waals surface area contributed by atoms with Crippen LogP contribution in [0.1, 0.15) is 45.4 Å². The van der Waals surface area contributed by atoms with Gasteiger partial charge in [0, 0.05) is 45.3 Å². The Labute approximate surface area is 145 Å². The Balaban J connectivity index is 1.61. The average Bonchev–Trinajstić information content (AvgIpc) is 3.15. The molecule has 0 radical (unpaired) electrons. The monoisotopic (exact) mass is 336 g/mol. The molecular formula is C18H32N4O2. The number of piperidine rings is 2. The Morgan fingerprint density at radius 2 is 1.71 bits per heavy atom. The Morgan fingerprint density at radius 1 is 1.00 bits per heavy atom. The third kappa shape index (κ3) is 3.68. The number of nitrogens with zero attached hydrogens (tertiary/aromatic N) is 3.